The lowest BCUT2D eigenvalue weighted by Gasteiger charge is -2.07. The Bertz CT molecular complexity index is 345. The number of ether oxygens (including phenoxy) is 1. The van der Waals surface area contributed by atoms with E-state index in [0.717, 1.165) is 38.1 Å². The highest BCUT2D eigenvalue weighted by Gasteiger charge is 2.02. The summed E-state index contributed by atoms with van der Waals surface area (Å²) >= 11 is 0. The fourth-order valence-electron chi connectivity index (χ4n) is 1.44. The van der Waals surface area contributed by atoms with Crippen LogP contribution in [0.15, 0.2) is 0 Å². The van der Waals surface area contributed by atoms with Gasteiger partial charge >= 0.3 is 0 Å². The monoisotopic (exact) mass is 253 g/mol. The molecule has 0 radical (unpaired) electrons. The van der Waals surface area contributed by atoms with Gasteiger partial charge in [-0.25, -0.2) is 0 Å². The Kier molecular flexibility index (Phi) is 7.01. The van der Waals surface area contributed by atoms with Crippen molar-refractivity contribution >= 4 is 11.9 Å². The van der Waals surface area contributed by atoms with Gasteiger partial charge in [-0.3, -0.25) is 0 Å². The minimum absolute atomic E-state index is 0.267. The first-order valence-electron chi connectivity index (χ1n) is 6.58. The molecular formula is C12H23N5O. The van der Waals surface area contributed by atoms with E-state index in [1.165, 1.54) is 0 Å². The van der Waals surface area contributed by atoms with Crippen LogP contribution in [0, 0.1) is 0 Å². The zero-order valence-electron chi connectivity index (χ0n) is 11.3. The summed E-state index contributed by atoms with van der Waals surface area (Å²) in [5, 5.41) is 3.09. The van der Waals surface area contributed by atoms with Crippen LogP contribution in [-0.4, -0.2) is 34.7 Å². The quantitative estimate of drug-likeness (QED) is 0.651. The summed E-state index contributed by atoms with van der Waals surface area (Å²) in [7, 11) is 0. The van der Waals surface area contributed by atoms with Crippen molar-refractivity contribution in [1.29, 1.82) is 0 Å². The molecule has 0 aliphatic rings. The van der Waals surface area contributed by atoms with Crippen molar-refractivity contribution in [1.82, 2.24) is 15.0 Å². The highest BCUT2D eigenvalue weighted by molar-refractivity contribution is 5.30. The lowest BCUT2D eigenvalue weighted by molar-refractivity contribution is 0.141. The molecule has 18 heavy (non-hydrogen) atoms. The van der Waals surface area contributed by atoms with Crippen molar-refractivity contribution in [2.75, 3.05) is 30.8 Å². The molecule has 0 fully saturated rings. The van der Waals surface area contributed by atoms with Crippen LogP contribution < -0.4 is 11.1 Å². The van der Waals surface area contributed by atoms with Gasteiger partial charge in [0.05, 0.1) is 6.61 Å². The molecule has 0 amide bonds. The third kappa shape index (κ3) is 5.77. The maximum atomic E-state index is 5.63. The normalized spacial score (nSPS) is 10.6. The lowest BCUT2D eigenvalue weighted by Crippen LogP contribution is -2.14. The molecule has 102 valence electrons. The van der Waals surface area contributed by atoms with Crippen molar-refractivity contribution in [2.24, 2.45) is 0 Å². The molecule has 0 saturated carbocycles. The van der Waals surface area contributed by atoms with E-state index in [-0.39, 0.29) is 5.95 Å². The topological polar surface area (TPSA) is 86.0 Å². The van der Waals surface area contributed by atoms with Crippen LogP contribution in [0.2, 0.25) is 0 Å². The fraction of sp³-hybridized carbons (Fsp3) is 0.750. The summed E-state index contributed by atoms with van der Waals surface area (Å²) in [6, 6.07) is 0. The van der Waals surface area contributed by atoms with Crippen LogP contribution in [0.1, 0.15) is 38.9 Å². The van der Waals surface area contributed by atoms with E-state index in [0.29, 0.717) is 19.1 Å². The van der Waals surface area contributed by atoms with Gasteiger partial charge in [0.15, 0.2) is 0 Å². The molecule has 0 spiro atoms. The number of hydrogen-bond donors (Lipinski definition) is 2. The van der Waals surface area contributed by atoms with E-state index in [9.17, 15) is 0 Å². The average Bonchev–Trinajstić information content (AvgIpc) is 2.33. The minimum atomic E-state index is 0.267. The third-order valence-electron chi connectivity index (χ3n) is 2.34. The summed E-state index contributed by atoms with van der Waals surface area (Å²) in [5.41, 5.74) is 5.63. The van der Waals surface area contributed by atoms with Gasteiger partial charge in [-0.1, -0.05) is 20.3 Å². The van der Waals surface area contributed by atoms with Gasteiger partial charge in [0.25, 0.3) is 0 Å². The van der Waals surface area contributed by atoms with Crippen molar-refractivity contribution in [3.63, 3.8) is 0 Å². The van der Waals surface area contributed by atoms with Crippen LogP contribution in [0.25, 0.3) is 0 Å². The van der Waals surface area contributed by atoms with Gasteiger partial charge in [0, 0.05) is 19.6 Å². The lowest BCUT2D eigenvalue weighted by atomic mass is 10.3. The van der Waals surface area contributed by atoms with E-state index in [4.69, 9.17) is 10.5 Å². The Morgan fingerprint density at radius 1 is 1.11 bits per heavy atom. The van der Waals surface area contributed by atoms with Gasteiger partial charge in [0.2, 0.25) is 11.9 Å². The third-order valence-corrected chi connectivity index (χ3v) is 2.34. The maximum absolute atomic E-state index is 5.63. The van der Waals surface area contributed by atoms with Gasteiger partial charge < -0.3 is 15.8 Å². The molecule has 1 aromatic rings. The molecule has 1 rings (SSSR count). The second-order valence-corrected chi connectivity index (χ2v) is 4.08. The number of aryl methyl sites for hydroxylation is 1. The van der Waals surface area contributed by atoms with Crippen LogP contribution in [0.3, 0.4) is 0 Å². The molecule has 0 aliphatic carbocycles. The zero-order chi connectivity index (χ0) is 13.2. The number of nitrogen functional groups attached to an aromatic ring is 1. The largest absolute Gasteiger partial charge is 0.380 e. The highest BCUT2D eigenvalue weighted by atomic mass is 16.5. The fourth-order valence-corrected chi connectivity index (χ4v) is 1.44. The number of hydrogen-bond acceptors (Lipinski definition) is 6. The second-order valence-electron chi connectivity index (χ2n) is 4.08. The molecule has 6 heteroatoms. The Labute approximate surface area is 108 Å². The SMILES string of the molecule is CCCCOCCNc1nc(N)nc(CCC)n1. The number of aromatic nitrogens is 3. The van der Waals surface area contributed by atoms with E-state index < -0.39 is 0 Å². The Morgan fingerprint density at radius 3 is 2.67 bits per heavy atom. The summed E-state index contributed by atoms with van der Waals surface area (Å²) in [6.07, 6.45) is 4.05. The van der Waals surface area contributed by atoms with Crippen LogP contribution in [-0.2, 0) is 11.2 Å². The van der Waals surface area contributed by atoms with Gasteiger partial charge in [0.1, 0.15) is 5.82 Å². The minimum Gasteiger partial charge on any atom is -0.380 e. The summed E-state index contributed by atoms with van der Waals surface area (Å²) in [6.45, 7) is 6.35. The number of rotatable bonds is 9. The second kappa shape index (κ2) is 8.63. The van der Waals surface area contributed by atoms with Crippen LogP contribution >= 0.6 is 0 Å². The Hall–Kier alpha value is -1.43. The summed E-state index contributed by atoms with van der Waals surface area (Å²) in [4.78, 5) is 12.4. The molecule has 3 N–H and O–H groups in total. The molecule has 0 unspecified atom stereocenters. The zero-order valence-corrected chi connectivity index (χ0v) is 11.3. The van der Waals surface area contributed by atoms with Gasteiger partial charge in [-0.05, 0) is 12.8 Å². The first kappa shape index (κ1) is 14.6. The van der Waals surface area contributed by atoms with Crippen LogP contribution in [0.5, 0.6) is 0 Å². The predicted molar refractivity (Wildman–Crippen MR) is 72.5 cm³/mol. The van der Waals surface area contributed by atoms with Crippen molar-refractivity contribution in [2.45, 2.75) is 39.5 Å². The van der Waals surface area contributed by atoms with Crippen molar-refractivity contribution in [3.8, 4) is 0 Å². The number of nitrogens with two attached hydrogens (primary N) is 1. The first-order chi connectivity index (χ1) is 8.76. The number of nitrogens with zero attached hydrogens (tertiary/aromatic N) is 3. The predicted octanol–water partition coefficient (Wildman–Crippen LogP) is 1.63. The summed E-state index contributed by atoms with van der Waals surface area (Å²) in [5.74, 6) is 1.53. The molecular weight excluding hydrogens is 230 g/mol. The van der Waals surface area contributed by atoms with E-state index in [2.05, 4.69) is 34.1 Å². The standard InChI is InChI=1S/C12H23N5O/c1-3-5-8-18-9-7-14-12-16-10(6-4-2)15-11(13)17-12/h3-9H2,1-2H3,(H3,13,14,15,16,17). The smallest absolute Gasteiger partial charge is 0.227 e. The molecule has 0 atom stereocenters. The van der Waals surface area contributed by atoms with Crippen molar-refractivity contribution < 1.29 is 4.74 Å². The summed E-state index contributed by atoms with van der Waals surface area (Å²) < 4.78 is 5.44. The number of unbranched alkanes of at least 4 members (excludes halogenated alkanes) is 1. The molecule has 0 saturated heterocycles. The van der Waals surface area contributed by atoms with Gasteiger partial charge in [-0.2, -0.15) is 15.0 Å². The maximum Gasteiger partial charge on any atom is 0.227 e. The molecule has 1 aromatic heterocycles. The Balaban J connectivity index is 2.32. The molecule has 0 bridgehead atoms. The van der Waals surface area contributed by atoms with Crippen LogP contribution in [0.4, 0.5) is 11.9 Å². The number of nitrogens with one attached hydrogen (secondary N) is 1. The first-order valence-corrected chi connectivity index (χ1v) is 6.58. The van der Waals surface area contributed by atoms with Gasteiger partial charge in [-0.15, -0.1) is 0 Å². The number of anilines is 2. The molecule has 0 aromatic carbocycles. The van der Waals surface area contributed by atoms with E-state index in [1.807, 2.05) is 0 Å². The molecule has 1 heterocycles. The Morgan fingerprint density at radius 2 is 1.94 bits per heavy atom. The molecule has 6 nitrogen and oxygen atoms in total. The van der Waals surface area contributed by atoms with E-state index >= 15 is 0 Å². The highest BCUT2D eigenvalue weighted by Crippen LogP contribution is 2.04. The average molecular weight is 253 g/mol. The van der Waals surface area contributed by atoms with E-state index in [1.54, 1.807) is 0 Å². The van der Waals surface area contributed by atoms with Crippen molar-refractivity contribution in [3.05, 3.63) is 5.82 Å². The molecule has 0 aliphatic heterocycles.